The van der Waals surface area contributed by atoms with E-state index in [1.807, 2.05) is 29.7 Å². The summed E-state index contributed by atoms with van der Waals surface area (Å²) in [6, 6.07) is 6.03. The Hall–Kier alpha value is -2.04. The van der Waals surface area contributed by atoms with Crippen LogP contribution in [-0.4, -0.2) is 27.2 Å². The van der Waals surface area contributed by atoms with E-state index in [0.29, 0.717) is 6.54 Å². The molecule has 0 aliphatic heterocycles. The SMILES string of the molecule is CCCNc1nc2cc(C)ccc2n1CCC(=O)O. The number of fused-ring (bicyclic) bond motifs is 1. The minimum absolute atomic E-state index is 0.0974. The van der Waals surface area contributed by atoms with Gasteiger partial charge in [0.1, 0.15) is 0 Å². The lowest BCUT2D eigenvalue weighted by molar-refractivity contribution is -0.137. The number of rotatable bonds is 6. The molecular weight excluding hydrogens is 242 g/mol. The molecule has 2 N–H and O–H groups in total. The number of anilines is 1. The van der Waals surface area contributed by atoms with Gasteiger partial charge in [-0.25, -0.2) is 4.98 Å². The molecule has 5 heteroatoms. The van der Waals surface area contributed by atoms with E-state index in [-0.39, 0.29) is 6.42 Å². The molecule has 0 bridgehead atoms. The van der Waals surface area contributed by atoms with Crippen molar-refractivity contribution in [2.45, 2.75) is 33.2 Å². The van der Waals surface area contributed by atoms with Crippen molar-refractivity contribution in [3.63, 3.8) is 0 Å². The fourth-order valence-corrected chi connectivity index (χ4v) is 2.05. The molecule has 0 amide bonds. The third-order valence-electron chi connectivity index (χ3n) is 2.99. The minimum atomic E-state index is -0.796. The van der Waals surface area contributed by atoms with Gasteiger partial charge in [0.2, 0.25) is 5.95 Å². The lowest BCUT2D eigenvalue weighted by Gasteiger charge is -2.08. The largest absolute Gasteiger partial charge is 0.481 e. The van der Waals surface area contributed by atoms with Crippen LogP contribution in [-0.2, 0) is 11.3 Å². The Morgan fingerprint density at radius 3 is 2.95 bits per heavy atom. The van der Waals surface area contributed by atoms with Gasteiger partial charge < -0.3 is 15.0 Å². The van der Waals surface area contributed by atoms with Crippen molar-refractivity contribution in [3.8, 4) is 0 Å². The van der Waals surface area contributed by atoms with Crippen LogP contribution in [0.5, 0.6) is 0 Å². The first-order valence-electron chi connectivity index (χ1n) is 6.54. The highest BCUT2D eigenvalue weighted by Gasteiger charge is 2.11. The van der Waals surface area contributed by atoms with Gasteiger partial charge in [0.25, 0.3) is 0 Å². The monoisotopic (exact) mass is 261 g/mol. The Bertz CT molecular complexity index is 590. The molecule has 0 spiro atoms. The molecule has 0 unspecified atom stereocenters. The molecular formula is C14H19N3O2. The number of nitrogens with one attached hydrogen (secondary N) is 1. The maximum Gasteiger partial charge on any atom is 0.305 e. The zero-order valence-electron chi connectivity index (χ0n) is 11.3. The number of hydrogen-bond donors (Lipinski definition) is 2. The van der Waals surface area contributed by atoms with Crippen molar-refractivity contribution in [1.29, 1.82) is 0 Å². The molecule has 2 rings (SSSR count). The van der Waals surface area contributed by atoms with Crippen LogP contribution in [0.15, 0.2) is 18.2 Å². The predicted molar refractivity (Wildman–Crippen MR) is 75.5 cm³/mol. The number of nitrogens with zero attached hydrogens (tertiary/aromatic N) is 2. The van der Waals surface area contributed by atoms with E-state index in [1.165, 1.54) is 0 Å². The van der Waals surface area contributed by atoms with Crippen molar-refractivity contribution in [1.82, 2.24) is 9.55 Å². The molecule has 0 saturated carbocycles. The van der Waals surface area contributed by atoms with Gasteiger partial charge in [-0.2, -0.15) is 0 Å². The molecule has 2 aromatic rings. The zero-order chi connectivity index (χ0) is 13.8. The molecule has 0 aliphatic rings. The van der Waals surface area contributed by atoms with Crippen molar-refractivity contribution in [2.75, 3.05) is 11.9 Å². The Morgan fingerprint density at radius 1 is 1.47 bits per heavy atom. The number of aliphatic carboxylic acids is 1. The second kappa shape index (κ2) is 5.73. The third-order valence-corrected chi connectivity index (χ3v) is 2.99. The number of imidazole rings is 1. The smallest absolute Gasteiger partial charge is 0.305 e. The first-order chi connectivity index (χ1) is 9.11. The summed E-state index contributed by atoms with van der Waals surface area (Å²) in [6.45, 7) is 5.37. The van der Waals surface area contributed by atoms with Crippen LogP contribution in [0.1, 0.15) is 25.3 Å². The number of carboxylic acid groups (broad SMARTS) is 1. The minimum Gasteiger partial charge on any atom is -0.481 e. The van der Waals surface area contributed by atoms with Gasteiger partial charge in [0, 0.05) is 13.1 Å². The quantitative estimate of drug-likeness (QED) is 0.839. The maximum atomic E-state index is 10.8. The summed E-state index contributed by atoms with van der Waals surface area (Å²) in [5.74, 6) is -0.0425. The molecule has 19 heavy (non-hydrogen) atoms. The Morgan fingerprint density at radius 2 is 2.26 bits per heavy atom. The second-order valence-corrected chi connectivity index (χ2v) is 4.65. The summed E-state index contributed by atoms with van der Waals surface area (Å²) < 4.78 is 1.94. The van der Waals surface area contributed by atoms with Crippen molar-refractivity contribution in [2.24, 2.45) is 0 Å². The number of carbonyl (C=O) groups is 1. The maximum absolute atomic E-state index is 10.8. The number of benzene rings is 1. The number of aryl methyl sites for hydroxylation is 2. The van der Waals surface area contributed by atoms with Crippen LogP contribution in [0, 0.1) is 6.92 Å². The average Bonchev–Trinajstić information content (AvgIpc) is 2.70. The van der Waals surface area contributed by atoms with Gasteiger partial charge >= 0.3 is 5.97 Å². The number of hydrogen-bond acceptors (Lipinski definition) is 3. The Balaban J connectivity index is 2.39. The molecule has 0 fully saturated rings. The van der Waals surface area contributed by atoms with E-state index < -0.39 is 5.97 Å². The Kier molecular flexibility index (Phi) is 4.04. The summed E-state index contributed by atoms with van der Waals surface area (Å²) in [5.41, 5.74) is 3.03. The van der Waals surface area contributed by atoms with Crippen LogP contribution in [0.2, 0.25) is 0 Å². The highest BCUT2D eigenvalue weighted by molar-refractivity contribution is 5.79. The standard InChI is InChI=1S/C14H19N3O2/c1-3-7-15-14-16-11-9-10(2)4-5-12(11)17(14)8-6-13(18)19/h4-5,9H,3,6-8H2,1-2H3,(H,15,16)(H,18,19). The van der Waals surface area contributed by atoms with Gasteiger partial charge in [-0.3, -0.25) is 4.79 Å². The topological polar surface area (TPSA) is 67.2 Å². The van der Waals surface area contributed by atoms with Crippen molar-refractivity contribution >= 4 is 23.0 Å². The van der Waals surface area contributed by atoms with Crippen LogP contribution in [0.3, 0.4) is 0 Å². The van der Waals surface area contributed by atoms with Crippen LogP contribution >= 0.6 is 0 Å². The van der Waals surface area contributed by atoms with E-state index in [0.717, 1.165) is 35.5 Å². The molecule has 0 aliphatic carbocycles. The normalized spacial score (nSPS) is 10.8. The fourth-order valence-electron chi connectivity index (χ4n) is 2.05. The zero-order valence-corrected chi connectivity index (χ0v) is 11.3. The van der Waals surface area contributed by atoms with Gasteiger partial charge in [0.05, 0.1) is 17.5 Å². The van der Waals surface area contributed by atoms with Gasteiger partial charge in [-0.15, -0.1) is 0 Å². The van der Waals surface area contributed by atoms with Crippen LogP contribution < -0.4 is 5.32 Å². The van der Waals surface area contributed by atoms with Crippen molar-refractivity contribution in [3.05, 3.63) is 23.8 Å². The summed E-state index contributed by atoms with van der Waals surface area (Å²) in [5, 5.41) is 12.1. The van der Waals surface area contributed by atoms with E-state index >= 15 is 0 Å². The molecule has 1 aromatic carbocycles. The second-order valence-electron chi connectivity index (χ2n) is 4.65. The van der Waals surface area contributed by atoms with E-state index in [1.54, 1.807) is 0 Å². The van der Waals surface area contributed by atoms with Crippen LogP contribution in [0.25, 0.3) is 11.0 Å². The molecule has 0 saturated heterocycles. The lowest BCUT2D eigenvalue weighted by atomic mass is 10.2. The average molecular weight is 261 g/mol. The molecule has 1 aromatic heterocycles. The van der Waals surface area contributed by atoms with E-state index in [2.05, 4.69) is 17.2 Å². The lowest BCUT2D eigenvalue weighted by Crippen LogP contribution is -2.10. The number of carboxylic acids is 1. The van der Waals surface area contributed by atoms with Crippen LogP contribution in [0.4, 0.5) is 5.95 Å². The highest BCUT2D eigenvalue weighted by atomic mass is 16.4. The van der Waals surface area contributed by atoms with Gasteiger partial charge in [-0.05, 0) is 31.0 Å². The van der Waals surface area contributed by atoms with Gasteiger partial charge in [-0.1, -0.05) is 13.0 Å². The predicted octanol–water partition coefficient (Wildman–Crippen LogP) is 2.64. The highest BCUT2D eigenvalue weighted by Crippen LogP contribution is 2.21. The molecule has 0 radical (unpaired) electrons. The first-order valence-corrected chi connectivity index (χ1v) is 6.54. The fraction of sp³-hybridized carbons (Fsp3) is 0.429. The molecule has 0 atom stereocenters. The third kappa shape index (κ3) is 3.05. The number of aromatic nitrogens is 2. The van der Waals surface area contributed by atoms with E-state index in [9.17, 15) is 4.79 Å². The van der Waals surface area contributed by atoms with E-state index in [4.69, 9.17) is 5.11 Å². The summed E-state index contributed by atoms with van der Waals surface area (Å²) in [4.78, 5) is 15.3. The van der Waals surface area contributed by atoms with Crippen molar-refractivity contribution < 1.29 is 9.90 Å². The molecule has 5 nitrogen and oxygen atoms in total. The summed E-state index contributed by atoms with van der Waals surface area (Å²) in [7, 11) is 0. The van der Waals surface area contributed by atoms with Gasteiger partial charge in [0.15, 0.2) is 0 Å². The molecule has 1 heterocycles. The molecule has 102 valence electrons. The summed E-state index contributed by atoms with van der Waals surface area (Å²) in [6.07, 6.45) is 1.10. The first kappa shape index (κ1) is 13.4. The Labute approximate surface area is 112 Å². The summed E-state index contributed by atoms with van der Waals surface area (Å²) >= 11 is 0.